The van der Waals surface area contributed by atoms with E-state index in [4.69, 9.17) is 16.3 Å². The summed E-state index contributed by atoms with van der Waals surface area (Å²) in [5.74, 6) is -2.81. The average molecular weight is 439 g/mol. The van der Waals surface area contributed by atoms with E-state index in [0.717, 1.165) is 17.4 Å². The lowest BCUT2D eigenvalue weighted by atomic mass is 10.2. The summed E-state index contributed by atoms with van der Waals surface area (Å²) in [4.78, 5) is 30.0. The Bertz CT molecular complexity index is 1060. The molecule has 0 saturated heterocycles. The SMILES string of the molecule is CCOC(=O)CCC(=O)N(Cc1nc2c(F)c(F)ccc2s1)c1cccc(Cl)c1. The molecule has 0 aliphatic heterocycles. The van der Waals surface area contributed by atoms with E-state index in [1.54, 1.807) is 31.2 Å². The maximum absolute atomic E-state index is 14.0. The highest BCUT2D eigenvalue weighted by molar-refractivity contribution is 7.18. The zero-order chi connectivity index (χ0) is 21.0. The molecule has 1 amide bonds. The molecule has 1 aromatic heterocycles. The van der Waals surface area contributed by atoms with Crippen molar-refractivity contribution in [3.8, 4) is 0 Å². The molecule has 152 valence electrons. The Labute approximate surface area is 174 Å². The molecule has 2 aromatic carbocycles. The molecular formula is C20H17ClF2N2O3S. The Kier molecular flexibility index (Phi) is 6.76. The normalized spacial score (nSPS) is 10.9. The van der Waals surface area contributed by atoms with Crippen LogP contribution >= 0.6 is 22.9 Å². The third-order valence-corrected chi connectivity index (χ3v) is 5.30. The standard InChI is InChI=1S/C20H17ClF2N2O3S/c1-2-28-18(27)9-8-17(26)25(13-5-3-4-12(21)10-13)11-16-24-20-15(29-16)7-6-14(22)19(20)23/h3-7,10H,2,8-9,11H2,1H3. The highest BCUT2D eigenvalue weighted by Crippen LogP contribution is 2.29. The Hall–Kier alpha value is -2.58. The van der Waals surface area contributed by atoms with E-state index < -0.39 is 17.6 Å². The molecule has 0 aliphatic carbocycles. The Balaban J connectivity index is 1.88. The number of rotatable bonds is 7. The Morgan fingerprint density at radius 2 is 2.00 bits per heavy atom. The molecule has 0 fully saturated rings. The fourth-order valence-corrected chi connectivity index (χ4v) is 3.87. The van der Waals surface area contributed by atoms with Crippen molar-refractivity contribution in [1.29, 1.82) is 0 Å². The first kappa shape index (κ1) is 21.1. The fraction of sp³-hybridized carbons (Fsp3) is 0.250. The van der Waals surface area contributed by atoms with Crippen molar-refractivity contribution in [2.75, 3.05) is 11.5 Å². The maximum Gasteiger partial charge on any atom is 0.306 e. The molecule has 1 heterocycles. The van der Waals surface area contributed by atoms with Crippen LogP contribution in [-0.2, 0) is 20.9 Å². The van der Waals surface area contributed by atoms with E-state index in [2.05, 4.69) is 4.98 Å². The van der Waals surface area contributed by atoms with Gasteiger partial charge in [-0.3, -0.25) is 9.59 Å². The first-order chi connectivity index (χ1) is 13.9. The second-order valence-corrected chi connectivity index (χ2v) is 7.63. The van der Waals surface area contributed by atoms with Gasteiger partial charge in [-0.05, 0) is 37.3 Å². The van der Waals surface area contributed by atoms with Crippen molar-refractivity contribution < 1.29 is 23.1 Å². The third-order valence-electron chi connectivity index (χ3n) is 4.06. The van der Waals surface area contributed by atoms with Crippen molar-refractivity contribution in [2.24, 2.45) is 0 Å². The lowest BCUT2D eigenvalue weighted by Crippen LogP contribution is -2.30. The number of anilines is 1. The van der Waals surface area contributed by atoms with Gasteiger partial charge in [0.1, 0.15) is 10.5 Å². The number of hydrogen-bond acceptors (Lipinski definition) is 5. The summed E-state index contributed by atoms with van der Waals surface area (Å²) in [7, 11) is 0. The Morgan fingerprint density at radius 1 is 1.21 bits per heavy atom. The number of esters is 1. The van der Waals surface area contributed by atoms with Gasteiger partial charge in [-0.25, -0.2) is 13.8 Å². The van der Waals surface area contributed by atoms with Gasteiger partial charge in [0.15, 0.2) is 11.6 Å². The highest BCUT2D eigenvalue weighted by atomic mass is 35.5. The smallest absolute Gasteiger partial charge is 0.306 e. The molecule has 0 bridgehead atoms. The van der Waals surface area contributed by atoms with Crippen LogP contribution in [-0.4, -0.2) is 23.5 Å². The van der Waals surface area contributed by atoms with Crippen molar-refractivity contribution in [2.45, 2.75) is 26.3 Å². The first-order valence-corrected chi connectivity index (χ1v) is 10.0. The number of ether oxygens (including phenoxy) is 1. The predicted octanol–water partition coefficient (Wildman–Crippen LogP) is 5.10. The second kappa shape index (κ2) is 9.28. The van der Waals surface area contributed by atoms with Gasteiger partial charge in [-0.1, -0.05) is 17.7 Å². The van der Waals surface area contributed by atoms with Crippen LogP contribution in [0.4, 0.5) is 14.5 Å². The minimum Gasteiger partial charge on any atom is -0.466 e. The summed E-state index contributed by atoms with van der Waals surface area (Å²) in [6, 6.07) is 9.15. The minimum absolute atomic E-state index is 0.0302. The summed E-state index contributed by atoms with van der Waals surface area (Å²) in [6.07, 6.45) is -0.136. The summed E-state index contributed by atoms with van der Waals surface area (Å²) in [5, 5.41) is 0.858. The number of benzene rings is 2. The number of fused-ring (bicyclic) bond motifs is 1. The number of thiazole rings is 1. The quantitative estimate of drug-likeness (QED) is 0.481. The summed E-state index contributed by atoms with van der Waals surface area (Å²) in [6.45, 7) is 1.95. The number of hydrogen-bond donors (Lipinski definition) is 0. The molecule has 29 heavy (non-hydrogen) atoms. The zero-order valence-electron chi connectivity index (χ0n) is 15.5. The van der Waals surface area contributed by atoms with Gasteiger partial charge in [-0.15, -0.1) is 11.3 Å². The fourth-order valence-electron chi connectivity index (χ4n) is 2.73. The number of nitrogens with zero attached hydrogens (tertiary/aromatic N) is 2. The number of carbonyl (C=O) groups is 2. The van der Waals surface area contributed by atoms with Gasteiger partial charge >= 0.3 is 5.97 Å². The Morgan fingerprint density at radius 3 is 2.72 bits per heavy atom. The molecule has 5 nitrogen and oxygen atoms in total. The van der Waals surface area contributed by atoms with E-state index in [1.165, 1.54) is 11.0 Å². The van der Waals surface area contributed by atoms with E-state index in [1.807, 2.05) is 0 Å². The van der Waals surface area contributed by atoms with Gasteiger partial charge in [0.25, 0.3) is 0 Å². The molecule has 0 aliphatic rings. The molecule has 0 unspecified atom stereocenters. The molecule has 3 rings (SSSR count). The van der Waals surface area contributed by atoms with E-state index in [-0.39, 0.29) is 37.4 Å². The molecule has 9 heteroatoms. The number of carbonyl (C=O) groups excluding carboxylic acids is 2. The molecule has 0 saturated carbocycles. The van der Waals surface area contributed by atoms with E-state index in [0.29, 0.717) is 20.4 Å². The zero-order valence-corrected chi connectivity index (χ0v) is 17.0. The van der Waals surface area contributed by atoms with Crippen LogP contribution in [0.15, 0.2) is 36.4 Å². The van der Waals surface area contributed by atoms with Crippen molar-refractivity contribution in [3.05, 3.63) is 58.1 Å². The molecule has 3 aromatic rings. The van der Waals surface area contributed by atoms with E-state index >= 15 is 0 Å². The topological polar surface area (TPSA) is 59.5 Å². The predicted molar refractivity (Wildman–Crippen MR) is 108 cm³/mol. The van der Waals surface area contributed by atoms with Gasteiger partial charge < -0.3 is 9.64 Å². The van der Waals surface area contributed by atoms with Crippen LogP contribution in [0, 0.1) is 11.6 Å². The van der Waals surface area contributed by atoms with Crippen molar-refractivity contribution >= 4 is 50.7 Å². The van der Waals surface area contributed by atoms with Crippen LogP contribution in [0.2, 0.25) is 5.02 Å². The molecule has 0 atom stereocenters. The number of amides is 1. The molecule has 0 N–H and O–H groups in total. The van der Waals surface area contributed by atoms with Gasteiger partial charge in [0.05, 0.1) is 24.3 Å². The van der Waals surface area contributed by atoms with Crippen LogP contribution in [0.1, 0.15) is 24.8 Å². The first-order valence-electron chi connectivity index (χ1n) is 8.84. The average Bonchev–Trinajstić information content (AvgIpc) is 3.11. The summed E-state index contributed by atoms with van der Waals surface area (Å²) >= 11 is 7.21. The van der Waals surface area contributed by atoms with Gasteiger partial charge in [0.2, 0.25) is 5.91 Å². The van der Waals surface area contributed by atoms with Crippen molar-refractivity contribution in [1.82, 2.24) is 4.98 Å². The summed E-state index contributed by atoms with van der Waals surface area (Å²) < 4.78 is 32.8. The second-order valence-electron chi connectivity index (χ2n) is 6.08. The maximum atomic E-state index is 14.0. The number of halogens is 3. The molecule has 0 radical (unpaired) electrons. The van der Waals surface area contributed by atoms with E-state index in [9.17, 15) is 18.4 Å². The molecular weight excluding hydrogens is 422 g/mol. The third kappa shape index (κ3) is 5.07. The lowest BCUT2D eigenvalue weighted by Gasteiger charge is -2.22. The van der Waals surface area contributed by atoms with Crippen LogP contribution in [0.25, 0.3) is 10.2 Å². The van der Waals surface area contributed by atoms with Crippen molar-refractivity contribution in [3.63, 3.8) is 0 Å². The monoisotopic (exact) mass is 438 g/mol. The minimum atomic E-state index is -1.02. The van der Waals surface area contributed by atoms with Crippen LogP contribution in [0.5, 0.6) is 0 Å². The van der Waals surface area contributed by atoms with Gasteiger partial charge in [0, 0.05) is 17.1 Å². The van der Waals surface area contributed by atoms with Crippen LogP contribution in [0.3, 0.4) is 0 Å². The van der Waals surface area contributed by atoms with Gasteiger partial charge in [-0.2, -0.15) is 0 Å². The number of aromatic nitrogens is 1. The molecule has 0 spiro atoms. The lowest BCUT2D eigenvalue weighted by molar-refractivity contribution is -0.144. The van der Waals surface area contributed by atoms with Crippen LogP contribution < -0.4 is 4.90 Å². The largest absolute Gasteiger partial charge is 0.466 e. The highest BCUT2D eigenvalue weighted by Gasteiger charge is 2.21. The summed E-state index contributed by atoms with van der Waals surface area (Å²) in [5.41, 5.74) is 0.437.